The molecule has 0 spiro atoms. The molecule has 0 unspecified atom stereocenters. The molecule has 0 amide bonds. The molecular weight excluding hydrogens is 216 g/mol. The molecular formula is C14H18O3. The molecule has 0 heterocycles. The number of carbonyl (C=O) groups is 2. The lowest BCUT2D eigenvalue weighted by atomic mass is 9.91. The van der Waals surface area contributed by atoms with Crippen molar-refractivity contribution in [1.29, 1.82) is 0 Å². The van der Waals surface area contributed by atoms with Gasteiger partial charge in [-0.3, -0.25) is 9.59 Å². The van der Waals surface area contributed by atoms with Crippen LogP contribution in [0.25, 0.3) is 0 Å². The van der Waals surface area contributed by atoms with Crippen LogP contribution >= 0.6 is 0 Å². The molecule has 0 saturated carbocycles. The van der Waals surface area contributed by atoms with Gasteiger partial charge in [0.1, 0.15) is 0 Å². The number of ketones is 2. The van der Waals surface area contributed by atoms with E-state index in [0.717, 1.165) is 12.8 Å². The first-order valence-corrected chi connectivity index (χ1v) is 6.16. The van der Waals surface area contributed by atoms with Gasteiger partial charge < -0.3 is 4.74 Å². The quantitative estimate of drug-likeness (QED) is 0.734. The minimum atomic E-state index is -0.00208. The van der Waals surface area contributed by atoms with Gasteiger partial charge in [0.25, 0.3) is 0 Å². The van der Waals surface area contributed by atoms with Crippen LogP contribution in [0, 0.1) is 11.8 Å². The largest absolute Gasteiger partial charge is 0.367 e. The molecule has 0 aliphatic heterocycles. The lowest BCUT2D eigenvalue weighted by Crippen LogP contribution is -2.30. The number of ether oxygens (including phenoxy) is 1. The molecule has 2 aliphatic carbocycles. The summed E-state index contributed by atoms with van der Waals surface area (Å²) in [5, 5.41) is 0. The van der Waals surface area contributed by atoms with Crippen LogP contribution in [0.2, 0.25) is 0 Å². The predicted octanol–water partition coefficient (Wildman–Crippen LogP) is 2.07. The van der Waals surface area contributed by atoms with Gasteiger partial charge in [0.05, 0.1) is 12.2 Å². The Balaban J connectivity index is 1.94. The van der Waals surface area contributed by atoms with Crippen molar-refractivity contribution in [2.75, 3.05) is 0 Å². The molecule has 3 heteroatoms. The van der Waals surface area contributed by atoms with Gasteiger partial charge in [-0.05, 0) is 25.0 Å². The monoisotopic (exact) mass is 234 g/mol. The van der Waals surface area contributed by atoms with Gasteiger partial charge in [0, 0.05) is 11.8 Å². The van der Waals surface area contributed by atoms with Crippen molar-refractivity contribution in [3.05, 3.63) is 24.3 Å². The molecule has 0 fully saturated rings. The van der Waals surface area contributed by atoms with Gasteiger partial charge >= 0.3 is 0 Å². The van der Waals surface area contributed by atoms with E-state index >= 15 is 0 Å². The summed E-state index contributed by atoms with van der Waals surface area (Å²) in [6.45, 7) is 3.84. The van der Waals surface area contributed by atoms with Gasteiger partial charge in [-0.15, -0.1) is 0 Å². The maximum atomic E-state index is 11.3. The third kappa shape index (κ3) is 2.91. The fourth-order valence-electron chi connectivity index (χ4n) is 2.25. The van der Waals surface area contributed by atoms with E-state index < -0.39 is 0 Å². The Morgan fingerprint density at radius 3 is 1.71 bits per heavy atom. The smallest absolute Gasteiger partial charge is 0.158 e. The molecule has 0 bridgehead atoms. The van der Waals surface area contributed by atoms with Crippen LogP contribution in [0.4, 0.5) is 0 Å². The Bertz CT molecular complexity index is 345. The molecule has 0 radical (unpaired) electrons. The fraction of sp³-hybridized carbons (Fsp3) is 0.571. The molecule has 3 nitrogen and oxygen atoms in total. The van der Waals surface area contributed by atoms with Crippen LogP contribution in [0.1, 0.15) is 26.7 Å². The summed E-state index contributed by atoms with van der Waals surface area (Å²) in [6, 6.07) is 0. The molecule has 0 N–H and O–H groups in total. The molecule has 2 rings (SSSR count). The first-order valence-electron chi connectivity index (χ1n) is 6.16. The molecule has 4 atom stereocenters. The molecule has 2 aliphatic rings. The number of hydrogen-bond donors (Lipinski definition) is 0. The Morgan fingerprint density at radius 2 is 1.35 bits per heavy atom. The van der Waals surface area contributed by atoms with Gasteiger partial charge in [-0.2, -0.15) is 0 Å². The van der Waals surface area contributed by atoms with E-state index in [-0.39, 0.29) is 35.6 Å². The summed E-state index contributed by atoms with van der Waals surface area (Å²) < 4.78 is 5.89. The Hall–Kier alpha value is -1.22. The van der Waals surface area contributed by atoms with E-state index in [2.05, 4.69) is 0 Å². The van der Waals surface area contributed by atoms with Crippen LogP contribution in [0.15, 0.2) is 24.3 Å². The molecule has 0 aromatic heterocycles. The van der Waals surface area contributed by atoms with E-state index in [1.807, 2.05) is 26.0 Å². The molecule has 17 heavy (non-hydrogen) atoms. The number of allylic oxidation sites excluding steroid dienone is 2. The van der Waals surface area contributed by atoms with Gasteiger partial charge in [-0.25, -0.2) is 0 Å². The maximum absolute atomic E-state index is 11.3. The minimum absolute atomic E-state index is 0.00208. The highest BCUT2D eigenvalue weighted by molar-refractivity contribution is 5.93. The van der Waals surface area contributed by atoms with Crippen molar-refractivity contribution in [2.24, 2.45) is 11.8 Å². The normalized spacial score (nSPS) is 37.5. The van der Waals surface area contributed by atoms with Crippen LogP contribution in [0.5, 0.6) is 0 Å². The predicted molar refractivity (Wildman–Crippen MR) is 64.5 cm³/mol. The minimum Gasteiger partial charge on any atom is -0.367 e. The third-order valence-electron chi connectivity index (χ3n) is 3.44. The summed E-state index contributed by atoms with van der Waals surface area (Å²) in [6.07, 6.45) is 8.36. The second-order valence-electron chi connectivity index (χ2n) is 5.01. The van der Waals surface area contributed by atoms with Crippen molar-refractivity contribution in [3.63, 3.8) is 0 Å². The summed E-state index contributed by atoms with van der Waals surface area (Å²) in [5.74, 6) is 0.424. The molecule has 0 saturated heterocycles. The molecule has 0 aromatic rings. The highest BCUT2D eigenvalue weighted by Gasteiger charge is 2.26. The lowest BCUT2D eigenvalue weighted by Gasteiger charge is -2.28. The number of rotatable bonds is 2. The highest BCUT2D eigenvalue weighted by Crippen LogP contribution is 2.23. The zero-order chi connectivity index (χ0) is 12.4. The average molecular weight is 234 g/mol. The van der Waals surface area contributed by atoms with E-state index in [9.17, 15) is 9.59 Å². The summed E-state index contributed by atoms with van der Waals surface area (Å²) in [4.78, 5) is 22.7. The van der Waals surface area contributed by atoms with Crippen LogP contribution in [0.3, 0.4) is 0 Å². The summed E-state index contributed by atoms with van der Waals surface area (Å²) >= 11 is 0. The first-order chi connectivity index (χ1) is 8.06. The Kier molecular flexibility index (Phi) is 3.57. The second kappa shape index (κ2) is 4.96. The van der Waals surface area contributed by atoms with E-state index in [0.29, 0.717) is 0 Å². The Morgan fingerprint density at radius 1 is 0.941 bits per heavy atom. The van der Waals surface area contributed by atoms with Crippen molar-refractivity contribution < 1.29 is 14.3 Å². The highest BCUT2D eigenvalue weighted by atomic mass is 16.5. The maximum Gasteiger partial charge on any atom is 0.158 e. The van der Waals surface area contributed by atoms with Crippen molar-refractivity contribution >= 4 is 11.6 Å². The first kappa shape index (κ1) is 12.2. The van der Waals surface area contributed by atoms with Crippen LogP contribution < -0.4 is 0 Å². The third-order valence-corrected chi connectivity index (χ3v) is 3.44. The molecule has 92 valence electrons. The van der Waals surface area contributed by atoms with E-state index in [1.165, 1.54) is 0 Å². The van der Waals surface area contributed by atoms with Crippen LogP contribution in [-0.4, -0.2) is 23.8 Å². The van der Waals surface area contributed by atoms with Gasteiger partial charge in [0.15, 0.2) is 11.6 Å². The van der Waals surface area contributed by atoms with Crippen LogP contribution in [-0.2, 0) is 14.3 Å². The van der Waals surface area contributed by atoms with E-state index in [1.54, 1.807) is 12.2 Å². The zero-order valence-electron chi connectivity index (χ0n) is 10.3. The van der Waals surface area contributed by atoms with Gasteiger partial charge in [0.2, 0.25) is 0 Å². The molecule has 0 aromatic carbocycles. The zero-order valence-corrected chi connectivity index (χ0v) is 10.3. The Labute approximate surface area is 102 Å². The lowest BCUT2D eigenvalue weighted by molar-refractivity contribution is -0.120. The SMILES string of the molecule is C[C@@H]1C[C@H](O[C@H]2C=CC(=O)[C@@H](C)C2)C=CC1=O. The van der Waals surface area contributed by atoms with Crippen molar-refractivity contribution in [3.8, 4) is 0 Å². The fourth-order valence-corrected chi connectivity index (χ4v) is 2.25. The van der Waals surface area contributed by atoms with E-state index in [4.69, 9.17) is 4.74 Å². The second-order valence-corrected chi connectivity index (χ2v) is 5.01. The van der Waals surface area contributed by atoms with Crippen molar-refractivity contribution in [1.82, 2.24) is 0 Å². The standard InChI is InChI=1S/C14H18O3/c1-9-7-11(3-5-13(9)15)17-12-4-6-14(16)10(2)8-12/h3-6,9-12H,7-8H2,1-2H3/t9-,10+,11-,12+. The average Bonchev–Trinajstić information content (AvgIpc) is 2.29. The topological polar surface area (TPSA) is 43.4 Å². The van der Waals surface area contributed by atoms with Crippen molar-refractivity contribution in [2.45, 2.75) is 38.9 Å². The summed E-state index contributed by atoms with van der Waals surface area (Å²) in [5.41, 5.74) is 0. The van der Waals surface area contributed by atoms with Gasteiger partial charge in [-0.1, -0.05) is 26.0 Å². The number of hydrogen-bond acceptors (Lipinski definition) is 3. The number of carbonyl (C=O) groups excluding carboxylic acids is 2. The summed E-state index contributed by atoms with van der Waals surface area (Å²) in [7, 11) is 0.